The Hall–Kier alpha value is -1.90. The van der Waals surface area contributed by atoms with Gasteiger partial charge >= 0.3 is 0 Å². The van der Waals surface area contributed by atoms with E-state index in [1.165, 1.54) is 0 Å². The van der Waals surface area contributed by atoms with Crippen LogP contribution in [-0.2, 0) is 6.42 Å². The highest BCUT2D eigenvalue weighted by Gasteiger charge is 2.20. The number of ketones is 1. The first kappa shape index (κ1) is 11.6. The van der Waals surface area contributed by atoms with Gasteiger partial charge in [0.2, 0.25) is 5.78 Å². The lowest BCUT2D eigenvalue weighted by molar-refractivity contribution is 0.0935. The molecule has 2 rings (SSSR count). The van der Waals surface area contributed by atoms with E-state index in [1.807, 2.05) is 38.1 Å². The zero-order valence-electron chi connectivity index (χ0n) is 10.0. The Morgan fingerprint density at radius 3 is 2.76 bits per heavy atom. The molecule has 17 heavy (non-hydrogen) atoms. The molecule has 0 bridgehead atoms. The fourth-order valence-corrected chi connectivity index (χ4v) is 1.68. The van der Waals surface area contributed by atoms with Crippen molar-refractivity contribution in [3.05, 3.63) is 53.7 Å². The van der Waals surface area contributed by atoms with Crippen LogP contribution in [0.3, 0.4) is 0 Å². The molecular formula is C14H15NO2. The lowest BCUT2D eigenvalue weighted by atomic mass is 10.0. The Labute approximate surface area is 100 Å². The number of Topliss-reactive ketones (excluding diaryl/α,β-unsaturated/α-hetero) is 1. The predicted octanol–water partition coefficient (Wildman–Crippen LogP) is 3.22. The second-order valence-corrected chi connectivity index (χ2v) is 3.96. The summed E-state index contributed by atoms with van der Waals surface area (Å²) in [5.74, 6) is 0.956. The van der Waals surface area contributed by atoms with E-state index in [1.54, 1.807) is 12.3 Å². The van der Waals surface area contributed by atoms with Gasteiger partial charge in [-0.1, -0.05) is 13.0 Å². The van der Waals surface area contributed by atoms with Gasteiger partial charge in [-0.25, -0.2) is 0 Å². The van der Waals surface area contributed by atoms with Gasteiger partial charge in [0.25, 0.3) is 0 Å². The first-order valence-electron chi connectivity index (χ1n) is 5.76. The molecule has 0 saturated carbocycles. The van der Waals surface area contributed by atoms with E-state index >= 15 is 0 Å². The van der Waals surface area contributed by atoms with Crippen molar-refractivity contribution in [1.82, 2.24) is 4.98 Å². The van der Waals surface area contributed by atoms with Crippen molar-refractivity contribution < 1.29 is 9.21 Å². The van der Waals surface area contributed by atoms with Crippen LogP contribution in [-0.4, -0.2) is 10.8 Å². The van der Waals surface area contributed by atoms with Crippen LogP contribution in [0.2, 0.25) is 0 Å². The Balaban J connectivity index is 2.20. The first-order chi connectivity index (χ1) is 8.22. The average Bonchev–Trinajstić information content (AvgIpc) is 2.87. The summed E-state index contributed by atoms with van der Waals surface area (Å²) in [6, 6.07) is 9.15. The molecule has 1 unspecified atom stereocenters. The molecule has 2 aromatic rings. The van der Waals surface area contributed by atoms with Gasteiger partial charge in [0, 0.05) is 12.6 Å². The molecule has 0 aliphatic carbocycles. The third-order valence-corrected chi connectivity index (χ3v) is 2.78. The lowest BCUT2D eigenvalue weighted by Gasteiger charge is -2.07. The lowest BCUT2D eigenvalue weighted by Crippen LogP contribution is -2.10. The number of carbonyl (C=O) groups is 1. The second kappa shape index (κ2) is 4.95. The Morgan fingerprint density at radius 2 is 2.18 bits per heavy atom. The molecule has 88 valence electrons. The van der Waals surface area contributed by atoms with E-state index in [4.69, 9.17) is 4.42 Å². The van der Waals surface area contributed by atoms with Gasteiger partial charge in [-0.15, -0.1) is 0 Å². The SMILES string of the molecule is CCc1ccc(C(=O)C(C)c2ccccn2)o1. The van der Waals surface area contributed by atoms with E-state index in [0.717, 1.165) is 17.9 Å². The Kier molecular flexibility index (Phi) is 3.38. The molecule has 0 N–H and O–H groups in total. The number of hydrogen-bond donors (Lipinski definition) is 0. The number of rotatable bonds is 4. The Bertz CT molecular complexity index is 502. The van der Waals surface area contributed by atoms with Crippen molar-refractivity contribution in [2.24, 2.45) is 0 Å². The van der Waals surface area contributed by atoms with Gasteiger partial charge in [0.05, 0.1) is 11.6 Å². The molecule has 2 heterocycles. The number of furan rings is 1. The minimum absolute atomic E-state index is 0.0246. The molecule has 0 amide bonds. The standard InChI is InChI=1S/C14H15NO2/c1-3-11-7-8-13(17-11)14(16)10(2)12-6-4-5-9-15-12/h4-10H,3H2,1-2H3. The van der Waals surface area contributed by atoms with E-state index in [-0.39, 0.29) is 11.7 Å². The number of aromatic nitrogens is 1. The largest absolute Gasteiger partial charge is 0.458 e. The van der Waals surface area contributed by atoms with Gasteiger partial charge in [-0.05, 0) is 31.2 Å². The number of aryl methyl sites for hydroxylation is 1. The summed E-state index contributed by atoms with van der Waals surface area (Å²) >= 11 is 0. The summed E-state index contributed by atoms with van der Waals surface area (Å²) in [5, 5.41) is 0. The maximum absolute atomic E-state index is 12.1. The molecule has 0 spiro atoms. The van der Waals surface area contributed by atoms with Crippen molar-refractivity contribution in [3.8, 4) is 0 Å². The van der Waals surface area contributed by atoms with Gasteiger partial charge < -0.3 is 4.42 Å². The van der Waals surface area contributed by atoms with Crippen LogP contribution >= 0.6 is 0 Å². The minimum Gasteiger partial charge on any atom is -0.458 e. The third kappa shape index (κ3) is 2.44. The van der Waals surface area contributed by atoms with E-state index in [9.17, 15) is 4.79 Å². The number of carbonyl (C=O) groups excluding carboxylic acids is 1. The summed E-state index contributed by atoms with van der Waals surface area (Å²) in [6.45, 7) is 3.84. The summed E-state index contributed by atoms with van der Waals surface area (Å²) in [5.41, 5.74) is 0.770. The molecule has 0 aromatic carbocycles. The molecule has 0 fully saturated rings. The second-order valence-electron chi connectivity index (χ2n) is 3.96. The molecule has 0 aliphatic heterocycles. The highest BCUT2D eigenvalue weighted by atomic mass is 16.3. The quantitative estimate of drug-likeness (QED) is 0.756. The molecule has 0 radical (unpaired) electrons. The van der Waals surface area contributed by atoms with Crippen molar-refractivity contribution in [3.63, 3.8) is 0 Å². The van der Waals surface area contributed by atoms with Gasteiger partial charge in [0.15, 0.2) is 5.76 Å². The van der Waals surface area contributed by atoms with Gasteiger partial charge in [-0.2, -0.15) is 0 Å². The predicted molar refractivity (Wildman–Crippen MR) is 65.1 cm³/mol. The molecule has 3 nitrogen and oxygen atoms in total. The summed E-state index contributed by atoms with van der Waals surface area (Å²) < 4.78 is 5.46. The fraction of sp³-hybridized carbons (Fsp3) is 0.286. The summed E-state index contributed by atoms with van der Waals surface area (Å²) in [6.07, 6.45) is 2.49. The van der Waals surface area contributed by atoms with E-state index < -0.39 is 0 Å². The van der Waals surface area contributed by atoms with Gasteiger partial charge in [-0.3, -0.25) is 9.78 Å². The fourth-order valence-electron chi connectivity index (χ4n) is 1.68. The first-order valence-corrected chi connectivity index (χ1v) is 5.76. The zero-order valence-corrected chi connectivity index (χ0v) is 10.0. The van der Waals surface area contributed by atoms with Gasteiger partial charge in [0.1, 0.15) is 5.76 Å². The highest BCUT2D eigenvalue weighted by molar-refractivity contribution is 5.98. The molecule has 2 aromatic heterocycles. The molecule has 0 aliphatic rings. The smallest absolute Gasteiger partial charge is 0.206 e. The van der Waals surface area contributed by atoms with Crippen LogP contribution in [0.15, 0.2) is 40.9 Å². The normalized spacial score (nSPS) is 12.4. The molecule has 0 saturated heterocycles. The maximum atomic E-state index is 12.1. The number of pyridine rings is 1. The van der Waals surface area contributed by atoms with Crippen molar-refractivity contribution in [2.75, 3.05) is 0 Å². The van der Waals surface area contributed by atoms with Crippen molar-refractivity contribution >= 4 is 5.78 Å². The van der Waals surface area contributed by atoms with Crippen LogP contribution in [0.5, 0.6) is 0 Å². The van der Waals surface area contributed by atoms with Crippen LogP contribution in [0.4, 0.5) is 0 Å². The van der Waals surface area contributed by atoms with Crippen LogP contribution < -0.4 is 0 Å². The molecule has 3 heteroatoms. The highest BCUT2D eigenvalue weighted by Crippen LogP contribution is 2.20. The van der Waals surface area contributed by atoms with Crippen LogP contribution in [0.1, 0.15) is 41.8 Å². The summed E-state index contributed by atoms with van der Waals surface area (Å²) in [7, 11) is 0. The van der Waals surface area contributed by atoms with Crippen molar-refractivity contribution in [1.29, 1.82) is 0 Å². The molecular weight excluding hydrogens is 214 g/mol. The van der Waals surface area contributed by atoms with E-state index in [0.29, 0.717) is 5.76 Å². The Morgan fingerprint density at radius 1 is 1.35 bits per heavy atom. The number of hydrogen-bond acceptors (Lipinski definition) is 3. The van der Waals surface area contributed by atoms with E-state index in [2.05, 4.69) is 4.98 Å². The average molecular weight is 229 g/mol. The topological polar surface area (TPSA) is 43.1 Å². The third-order valence-electron chi connectivity index (χ3n) is 2.78. The molecule has 1 atom stereocenters. The monoisotopic (exact) mass is 229 g/mol. The van der Waals surface area contributed by atoms with Crippen LogP contribution in [0.25, 0.3) is 0 Å². The minimum atomic E-state index is -0.271. The number of nitrogens with zero attached hydrogens (tertiary/aromatic N) is 1. The van der Waals surface area contributed by atoms with Crippen molar-refractivity contribution in [2.45, 2.75) is 26.2 Å². The zero-order chi connectivity index (χ0) is 12.3. The maximum Gasteiger partial charge on any atom is 0.206 e. The van der Waals surface area contributed by atoms with Crippen LogP contribution in [0, 0.1) is 0 Å². The summed E-state index contributed by atoms with van der Waals surface area (Å²) in [4.78, 5) is 16.3.